The fourth-order valence-electron chi connectivity index (χ4n) is 1.15. The number of nitrogens with one attached hydrogen (secondary N) is 1. The molecule has 0 aliphatic carbocycles. The van der Waals surface area contributed by atoms with E-state index in [0.29, 0.717) is 15.6 Å². The molecule has 1 aromatic rings. The molecule has 1 aromatic heterocycles. The summed E-state index contributed by atoms with van der Waals surface area (Å²) in [7, 11) is -3.27. The molecule has 4 nitrogen and oxygen atoms in total. The van der Waals surface area contributed by atoms with Gasteiger partial charge in [0.05, 0.1) is 10.1 Å². The zero-order chi connectivity index (χ0) is 12.2. The number of thiophene rings is 1. The Kier molecular flexibility index (Phi) is 5.20. The summed E-state index contributed by atoms with van der Waals surface area (Å²) in [6.07, 6.45) is -0.292. The third kappa shape index (κ3) is 4.39. The summed E-state index contributed by atoms with van der Waals surface area (Å²) in [5, 5.41) is 9.69. The fourth-order valence-corrected chi connectivity index (χ4v) is 3.30. The van der Waals surface area contributed by atoms with Gasteiger partial charge in [-0.25, -0.2) is 13.1 Å². The lowest BCUT2D eigenvalue weighted by Crippen LogP contribution is -2.30. The molecule has 7 heteroatoms. The third-order valence-electron chi connectivity index (χ3n) is 1.89. The first-order chi connectivity index (χ1) is 7.44. The normalized spacial score (nSPS) is 13.9. The number of rotatable bonds is 6. The van der Waals surface area contributed by atoms with Gasteiger partial charge in [-0.2, -0.15) is 0 Å². The molecule has 1 atom stereocenters. The van der Waals surface area contributed by atoms with Crippen molar-refractivity contribution in [1.82, 2.24) is 4.72 Å². The lowest BCUT2D eigenvalue weighted by atomic mass is 10.3. The van der Waals surface area contributed by atoms with Crippen LogP contribution in [-0.2, 0) is 10.0 Å². The van der Waals surface area contributed by atoms with Crippen molar-refractivity contribution in [3.05, 3.63) is 21.3 Å². The van der Waals surface area contributed by atoms with Crippen LogP contribution in [-0.4, -0.2) is 25.8 Å². The number of hydrogen-bond donors (Lipinski definition) is 2. The largest absolute Gasteiger partial charge is 0.386 e. The summed E-state index contributed by atoms with van der Waals surface area (Å²) in [5.74, 6) is 0.0743. The van der Waals surface area contributed by atoms with Gasteiger partial charge in [0.2, 0.25) is 10.0 Å². The second kappa shape index (κ2) is 5.97. The maximum Gasteiger partial charge on any atom is 0.211 e. The molecule has 92 valence electrons. The van der Waals surface area contributed by atoms with Crippen LogP contribution in [0.25, 0.3) is 0 Å². The number of aliphatic hydroxyl groups excluding tert-OH is 1. The van der Waals surface area contributed by atoms with Gasteiger partial charge in [0.1, 0.15) is 6.10 Å². The van der Waals surface area contributed by atoms with E-state index >= 15 is 0 Å². The van der Waals surface area contributed by atoms with E-state index in [2.05, 4.69) is 4.72 Å². The molecular weight excluding hydrogens is 270 g/mol. The van der Waals surface area contributed by atoms with Crippen molar-refractivity contribution >= 4 is 33.0 Å². The van der Waals surface area contributed by atoms with Gasteiger partial charge in [0.15, 0.2) is 0 Å². The van der Waals surface area contributed by atoms with Crippen LogP contribution in [0.4, 0.5) is 0 Å². The van der Waals surface area contributed by atoms with Crippen molar-refractivity contribution in [2.24, 2.45) is 0 Å². The molecule has 0 saturated carbocycles. The van der Waals surface area contributed by atoms with E-state index in [-0.39, 0.29) is 12.3 Å². The summed E-state index contributed by atoms with van der Waals surface area (Å²) in [6.45, 7) is 1.77. The molecule has 0 radical (unpaired) electrons. The van der Waals surface area contributed by atoms with E-state index in [4.69, 9.17) is 11.6 Å². The molecule has 2 N–H and O–H groups in total. The molecule has 0 bridgehead atoms. The Hall–Kier alpha value is -0.140. The van der Waals surface area contributed by atoms with E-state index in [1.807, 2.05) is 0 Å². The minimum Gasteiger partial charge on any atom is -0.386 e. The quantitative estimate of drug-likeness (QED) is 0.836. The zero-order valence-electron chi connectivity index (χ0n) is 8.81. The molecule has 0 fully saturated rings. The number of hydrogen-bond acceptors (Lipinski definition) is 4. The van der Waals surface area contributed by atoms with Gasteiger partial charge in [-0.1, -0.05) is 18.5 Å². The Morgan fingerprint density at radius 3 is 2.75 bits per heavy atom. The van der Waals surface area contributed by atoms with Crippen LogP contribution in [0.3, 0.4) is 0 Å². The van der Waals surface area contributed by atoms with Gasteiger partial charge in [-0.15, -0.1) is 11.3 Å². The smallest absolute Gasteiger partial charge is 0.211 e. The highest BCUT2D eigenvalue weighted by Gasteiger charge is 2.14. The predicted molar refractivity (Wildman–Crippen MR) is 66.4 cm³/mol. The molecule has 16 heavy (non-hydrogen) atoms. The monoisotopic (exact) mass is 283 g/mol. The van der Waals surface area contributed by atoms with Crippen LogP contribution < -0.4 is 4.72 Å². The van der Waals surface area contributed by atoms with Crippen LogP contribution in [0.15, 0.2) is 12.1 Å². The van der Waals surface area contributed by atoms with E-state index in [1.165, 1.54) is 11.3 Å². The first kappa shape index (κ1) is 13.9. The Morgan fingerprint density at radius 1 is 1.56 bits per heavy atom. The van der Waals surface area contributed by atoms with Crippen LogP contribution >= 0.6 is 22.9 Å². The Balaban J connectivity index is 2.50. The fraction of sp³-hybridized carbons (Fsp3) is 0.556. The van der Waals surface area contributed by atoms with Crippen molar-refractivity contribution < 1.29 is 13.5 Å². The highest BCUT2D eigenvalue weighted by Crippen LogP contribution is 2.26. The van der Waals surface area contributed by atoms with Crippen molar-refractivity contribution in [2.75, 3.05) is 12.3 Å². The maximum atomic E-state index is 11.3. The molecule has 0 aliphatic rings. The van der Waals surface area contributed by atoms with Crippen molar-refractivity contribution in [1.29, 1.82) is 0 Å². The van der Waals surface area contributed by atoms with E-state index < -0.39 is 16.1 Å². The molecule has 1 heterocycles. The first-order valence-electron chi connectivity index (χ1n) is 4.85. The van der Waals surface area contributed by atoms with Crippen LogP contribution in [0.1, 0.15) is 24.3 Å². The summed E-state index contributed by atoms with van der Waals surface area (Å²) in [6, 6.07) is 3.36. The minimum atomic E-state index is -3.27. The van der Waals surface area contributed by atoms with E-state index in [9.17, 15) is 13.5 Å². The molecular formula is C9H14ClNO3S2. The topological polar surface area (TPSA) is 66.4 Å². The van der Waals surface area contributed by atoms with Crippen LogP contribution in [0, 0.1) is 0 Å². The predicted octanol–water partition coefficient (Wildman–Crippen LogP) is 1.76. The molecule has 1 unspecified atom stereocenters. The summed E-state index contributed by atoms with van der Waals surface area (Å²) < 4.78 is 25.6. The third-order valence-corrected chi connectivity index (χ3v) is 4.78. The van der Waals surface area contributed by atoms with Crippen LogP contribution in [0.5, 0.6) is 0 Å². The summed E-state index contributed by atoms with van der Waals surface area (Å²) in [4.78, 5) is 0.657. The molecule has 0 saturated heterocycles. The van der Waals surface area contributed by atoms with E-state index in [0.717, 1.165) is 0 Å². The van der Waals surface area contributed by atoms with Gasteiger partial charge in [-0.3, -0.25) is 0 Å². The van der Waals surface area contributed by atoms with Gasteiger partial charge >= 0.3 is 0 Å². The summed E-state index contributed by atoms with van der Waals surface area (Å²) in [5.41, 5.74) is 0. The van der Waals surface area contributed by atoms with Crippen LogP contribution in [0.2, 0.25) is 4.34 Å². The Bertz CT molecular complexity index is 430. The van der Waals surface area contributed by atoms with Crippen molar-refractivity contribution in [3.63, 3.8) is 0 Å². The molecule has 1 rings (SSSR count). The lowest BCUT2D eigenvalue weighted by molar-refractivity contribution is 0.186. The Morgan fingerprint density at radius 2 is 2.25 bits per heavy atom. The van der Waals surface area contributed by atoms with Gasteiger partial charge < -0.3 is 5.11 Å². The zero-order valence-corrected chi connectivity index (χ0v) is 11.2. The SMILES string of the molecule is CCCS(=O)(=O)NCC(O)c1ccc(Cl)s1. The molecule has 0 amide bonds. The highest BCUT2D eigenvalue weighted by molar-refractivity contribution is 7.89. The van der Waals surface area contributed by atoms with Gasteiger partial charge in [0.25, 0.3) is 0 Å². The second-order valence-corrected chi connectivity index (χ2v) is 7.00. The van der Waals surface area contributed by atoms with Gasteiger partial charge in [0, 0.05) is 11.4 Å². The highest BCUT2D eigenvalue weighted by atomic mass is 35.5. The average molecular weight is 284 g/mol. The van der Waals surface area contributed by atoms with Gasteiger partial charge in [-0.05, 0) is 18.6 Å². The summed E-state index contributed by atoms with van der Waals surface area (Å²) >= 11 is 6.95. The Labute approximate surface area is 104 Å². The lowest BCUT2D eigenvalue weighted by Gasteiger charge is -2.10. The van der Waals surface area contributed by atoms with Crippen molar-refractivity contribution in [3.8, 4) is 0 Å². The second-order valence-electron chi connectivity index (χ2n) is 3.33. The first-order valence-corrected chi connectivity index (χ1v) is 7.70. The van der Waals surface area contributed by atoms with Crippen molar-refractivity contribution in [2.45, 2.75) is 19.4 Å². The number of sulfonamides is 1. The molecule has 0 spiro atoms. The molecule has 0 aliphatic heterocycles. The van der Waals surface area contributed by atoms with E-state index in [1.54, 1.807) is 19.1 Å². The number of halogens is 1. The molecule has 0 aromatic carbocycles. The number of aliphatic hydroxyl groups is 1. The maximum absolute atomic E-state index is 11.3. The standard InChI is InChI=1S/C9H14ClNO3S2/c1-2-5-16(13,14)11-6-7(12)8-3-4-9(10)15-8/h3-4,7,11-12H,2,5-6H2,1H3. The minimum absolute atomic E-state index is 0.0147. The average Bonchev–Trinajstić information content (AvgIpc) is 2.61.